The zero-order chi connectivity index (χ0) is 13.9. The van der Waals surface area contributed by atoms with Gasteiger partial charge in [0.15, 0.2) is 0 Å². The SMILES string of the molecule is CCCCCCCCC(O)CCCCS(=O)(=O)[O-].[Na+]. The monoisotopic (exact) mass is 302 g/mol. The van der Waals surface area contributed by atoms with Crippen LogP contribution in [-0.2, 0) is 10.1 Å². The van der Waals surface area contributed by atoms with Crippen LogP contribution in [0.25, 0.3) is 0 Å². The molecule has 0 aliphatic rings. The van der Waals surface area contributed by atoms with Gasteiger partial charge in [0.05, 0.1) is 16.2 Å². The molecule has 0 spiro atoms. The van der Waals surface area contributed by atoms with Crippen molar-refractivity contribution in [2.24, 2.45) is 0 Å². The van der Waals surface area contributed by atoms with Gasteiger partial charge in [-0.1, -0.05) is 45.4 Å². The largest absolute Gasteiger partial charge is 1.00 e. The van der Waals surface area contributed by atoms with Gasteiger partial charge >= 0.3 is 29.6 Å². The van der Waals surface area contributed by atoms with Gasteiger partial charge in [0, 0.05) is 5.75 Å². The van der Waals surface area contributed by atoms with Crippen LogP contribution < -0.4 is 29.6 Å². The van der Waals surface area contributed by atoms with E-state index in [2.05, 4.69) is 6.92 Å². The minimum atomic E-state index is -4.08. The van der Waals surface area contributed by atoms with E-state index in [1.807, 2.05) is 0 Å². The zero-order valence-corrected chi connectivity index (χ0v) is 15.3. The fourth-order valence-corrected chi connectivity index (χ4v) is 2.52. The molecule has 0 bridgehead atoms. The van der Waals surface area contributed by atoms with E-state index in [9.17, 15) is 18.1 Å². The van der Waals surface area contributed by atoms with Crippen LogP contribution in [0, 0.1) is 0 Å². The standard InChI is InChI=1S/C13H28O4S.Na/c1-2-3-4-5-6-7-10-13(14)11-8-9-12-18(15,16)17;/h13-14H,2-12H2,1H3,(H,15,16,17);/q;+1/p-1. The molecule has 0 rings (SSSR count). The van der Waals surface area contributed by atoms with Gasteiger partial charge in [0.1, 0.15) is 0 Å². The zero-order valence-electron chi connectivity index (χ0n) is 12.4. The molecule has 0 aliphatic heterocycles. The molecule has 0 radical (unpaired) electrons. The minimum Gasteiger partial charge on any atom is -0.748 e. The molecule has 0 aromatic rings. The normalized spacial score (nSPS) is 13.0. The Bertz CT molecular complexity index is 280. The van der Waals surface area contributed by atoms with Gasteiger partial charge in [0.25, 0.3) is 0 Å². The third-order valence-electron chi connectivity index (χ3n) is 3.07. The van der Waals surface area contributed by atoms with E-state index in [0.29, 0.717) is 19.3 Å². The number of unbranched alkanes of at least 4 members (excludes halogenated alkanes) is 6. The van der Waals surface area contributed by atoms with E-state index in [-0.39, 0.29) is 41.4 Å². The van der Waals surface area contributed by atoms with E-state index in [1.54, 1.807) is 0 Å². The van der Waals surface area contributed by atoms with Crippen LogP contribution >= 0.6 is 0 Å². The Kier molecular flexibility index (Phi) is 16.1. The van der Waals surface area contributed by atoms with Crippen LogP contribution in [0.1, 0.15) is 71.1 Å². The van der Waals surface area contributed by atoms with E-state index in [1.165, 1.54) is 25.7 Å². The average molecular weight is 302 g/mol. The number of aliphatic hydroxyl groups is 1. The smallest absolute Gasteiger partial charge is 0.748 e. The predicted octanol–water partition coefficient (Wildman–Crippen LogP) is -0.183. The average Bonchev–Trinajstić information content (AvgIpc) is 2.28. The van der Waals surface area contributed by atoms with Crippen LogP contribution in [-0.4, -0.2) is 29.9 Å². The maximum Gasteiger partial charge on any atom is 1.00 e. The van der Waals surface area contributed by atoms with E-state index >= 15 is 0 Å². The molecule has 6 heteroatoms. The van der Waals surface area contributed by atoms with E-state index in [0.717, 1.165) is 19.3 Å². The molecule has 4 nitrogen and oxygen atoms in total. The summed E-state index contributed by atoms with van der Waals surface area (Å²) >= 11 is 0. The molecular formula is C13H27NaO4S. The van der Waals surface area contributed by atoms with Crippen LogP contribution in [0.3, 0.4) is 0 Å². The Morgan fingerprint density at radius 3 is 1.95 bits per heavy atom. The fraction of sp³-hybridized carbons (Fsp3) is 1.00. The van der Waals surface area contributed by atoms with Gasteiger partial charge in [-0.15, -0.1) is 0 Å². The van der Waals surface area contributed by atoms with Crippen molar-refractivity contribution in [1.29, 1.82) is 0 Å². The van der Waals surface area contributed by atoms with Crippen molar-refractivity contribution >= 4 is 10.1 Å². The molecule has 0 saturated heterocycles. The van der Waals surface area contributed by atoms with Gasteiger partial charge in [0.2, 0.25) is 0 Å². The Morgan fingerprint density at radius 1 is 0.947 bits per heavy atom. The van der Waals surface area contributed by atoms with Crippen molar-refractivity contribution in [2.75, 3.05) is 5.75 Å². The van der Waals surface area contributed by atoms with Crippen molar-refractivity contribution in [3.05, 3.63) is 0 Å². The van der Waals surface area contributed by atoms with Crippen LogP contribution in [0.5, 0.6) is 0 Å². The summed E-state index contributed by atoms with van der Waals surface area (Å²) in [5.74, 6) is -0.309. The summed E-state index contributed by atoms with van der Waals surface area (Å²) in [5, 5.41) is 9.65. The molecule has 1 N–H and O–H groups in total. The summed E-state index contributed by atoms with van der Waals surface area (Å²) in [4.78, 5) is 0. The molecule has 0 heterocycles. The number of hydrogen-bond acceptors (Lipinski definition) is 4. The summed E-state index contributed by atoms with van der Waals surface area (Å²) in [6, 6.07) is 0. The molecule has 0 aromatic carbocycles. The number of rotatable bonds is 12. The van der Waals surface area contributed by atoms with Crippen molar-refractivity contribution in [3.63, 3.8) is 0 Å². The Balaban J connectivity index is 0. The molecule has 19 heavy (non-hydrogen) atoms. The second-order valence-electron chi connectivity index (χ2n) is 4.97. The molecule has 0 saturated carbocycles. The molecule has 0 aromatic heterocycles. The fourth-order valence-electron chi connectivity index (χ4n) is 1.96. The van der Waals surface area contributed by atoms with Gasteiger partial charge in [-0.05, 0) is 25.7 Å². The minimum absolute atomic E-state index is 0. The Labute approximate surface area is 140 Å². The third kappa shape index (κ3) is 18.9. The van der Waals surface area contributed by atoms with E-state index < -0.39 is 10.1 Å². The molecule has 1 atom stereocenters. The molecular weight excluding hydrogens is 275 g/mol. The maximum atomic E-state index is 10.4. The number of hydrogen-bond donors (Lipinski definition) is 1. The van der Waals surface area contributed by atoms with Crippen molar-refractivity contribution < 1.29 is 47.6 Å². The first-order valence-corrected chi connectivity index (χ1v) is 8.65. The Hall–Kier alpha value is 0.870. The van der Waals surface area contributed by atoms with Crippen LogP contribution in [0.2, 0.25) is 0 Å². The summed E-state index contributed by atoms with van der Waals surface area (Å²) in [5.41, 5.74) is 0. The maximum absolute atomic E-state index is 10.4. The summed E-state index contributed by atoms with van der Waals surface area (Å²) < 4.78 is 31.1. The molecule has 0 fully saturated rings. The van der Waals surface area contributed by atoms with Gasteiger partial charge in [-0.2, -0.15) is 0 Å². The van der Waals surface area contributed by atoms with Crippen LogP contribution in [0.4, 0.5) is 0 Å². The molecule has 110 valence electrons. The van der Waals surface area contributed by atoms with Gasteiger partial charge in [-0.3, -0.25) is 0 Å². The van der Waals surface area contributed by atoms with Crippen molar-refractivity contribution in [2.45, 2.75) is 77.2 Å². The molecule has 1 unspecified atom stereocenters. The number of aliphatic hydroxyl groups excluding tert-OH is 1. The first kappa shape index (κ1) is 22.2. The first-order chi connectivity index (χ1) is 8.45. The predicted molar refractivity (Wildman–Crippen MR) is 72.4 cm³/mol. The topological polar surface area (TPSA) is 77.4 Å². The quantitative estimate of drug-likeness (QED) is 0.308. The summed E-state index contributed by atoms with van der Waals surface area (Å²) in [7, 11) is -4.08. The molecule has 0 amide bonds. The van der Waals surface area contributed by atoms with Gasteiger partial charge < -0.3 is 9.66 Å². The van der Waals surface area contributed by atoms with E-state index in [4.69, 9.17) is 0 Å². The van der Waals surface area contributed by atoms with Crippen molar-refractivity contribution in [3.8, 4) is 0 Å². The first-order valence-electron chi connectivity index (χ1n) is 7.07. The third-order valence-corrected chi connectivity index (χ3v) is 3.86. The summed E-state index contributed by atoms with van der Waals surface area (Å²) in [6.07, 6.45) is 9.24. The van der Waals surface area contributed by atoms with Gasteiger partial charge in [-0.25, -0.2) is 8.42 Å². The molecule has 0 aliphatic carbocycles. The second-order valence-corrected chi connectivity index (χ2v) is 6.49. The van der Waals surface area contributed by atoms with Crippen LogP contribution in [0.15, 0.2) is 0 Å². The summed E-state index contributed by atoms with van der Waals surface area (Å²) in [6.45, 7) is 2.19. The second kappa shape index (κ2) is 13.8. The van der Waals surface area contributed by atoms with Crippen molar-refractivity contribution in [1.82, 2.24) is 0 Å². The Morgan fingerprint density at radius 2 is 1.42 bits per heavy atom.